The minimum Gasteiger partial charge on any atom is -0.343 e. The van der Waals surface area contributed by atoms with Crippen molar-refractivity contribution in [1.82, 2.24) is 24.2 Å². The van der Waals surface area contributed by atoms with E-state index in [1.165, 1.54) is 0 Å². The average Bonchev–Trinajstić information content (AvgIpc) is 3.38. The summed E-state index contributed by atoms with van der Waals surface area (Å²) in [4.78, 5) is 14.4. The molecular weight excluding hydrogens is 378 g/mol. The van der Waals surface area contributed by atoms with Crippen LogP contribution in [0.15, 0.2) is 23.1 Å². The number of hydrogen-bond acceptors (Lipinski definition) is 5. The lowest BCUT2D eigenvalue weighted by molar-refractivity contribution is -0.130. The van der Waals surface area contributed by atoms with Crippen LogP contribution in [0.25, 0.3) is 11.0 Å². The molecule has 0 aliphatic carbocycles. The third-order valence-corrected chi connectivity index (χ3v) is 7.55. The molecule has 0 radical (unpaired) electrons. The summed E-state index contributed by atoms with van der Waals surface area (Å²) in [6, 6.07) is 5.02. The monoisotopic (exact) mass is 405 g/mol. The van der Waals surface area contributed by atoms with Gasteiger partial charge in [0.2, 0.25) is 15.9 Å². The number of sulfonamides is 1. The number of aryl methyl sites for hydroxylation is 1. The Hall–Kier alpha value is -2.00. The molecule has 28 heavy (non-hydrogen) atoms. The molecule has 0 N–H and O–H groups in total. The lowest BCUT2D eigenvalue weighted by Gasteiger charge is -2.25. The maximum Gasteiger partial charge on any atom is 0.243 e. The van der Waals surface area contributed by atoms with Crippen LogP contribution in [0.2, 0.25) is 0 Å². The summed E-state index contributed by atoms with van der Waals surface area (Å²) in [5, 5.41) is 8.31. The Morgan fingerprint density at radius 3 is 2.46 bits per heavy atom. The van der Waals surface area contributed by atoms with Crippen LogP contribution < -0.4 is 0 Å². The van der Waals surface area contributed by atoms with E-state index < -0.39 is 10.0 Å². The minimum absolute atomic E-state index is 0.205. The van der Waals surface area contributed by atoms with Crippen molar-refractivity contribution in [1.29, 1.82) is 0 Å². The van der Waals surface area contributed by atoms with Gasteiger partial charge in [-0.3, -0.25) is 4.79 Å². The fourth-order valence-corrected chi connectivity index (χ4v) is 5.57. The van der Waals surface area contributed by atoms with Crippen molar-refractivity contribution in [2.45, 2.75) is 56.4 Å². The minimum atomic E-state index is -3.48. The number of amides is 1. The Morgan fingerprint density at radius 2 is 1.71 bits per heavy atom. The van der Waals surface area contributed by atoms with Gasteiger partial charge in [-0.2, -0.15) is 4.31 Å². The molecule has 2 saturated heterocycles. The van der Waals surface area contributed by atoms with Gasteiger partial charge in [-0.1, -0.05) is 11.6 Å². The smallest absolute Gasteiger partial charge is 0.243 e. The van der Waals surface area contributed by atoms with Crippen molar-refractivity contribution in [3.8, 4) is 0 Å². The summed E-state index contributed by atoms with van der Waals surface area (Å²) in [6.45, 7) is 3.50. The third kappa shape index (κ3) is 3.91. The van der Waals surface area contributed by atoms with Gasteiger partial charge in [0, 0.05) is 39.1 Å². The molecule has 1 aromatic carbocycles. The Morgan fingerprint density at radius 1 is 1.00 bits per heavy atom. The average molecular weight is 406 g/mol. The molecule has 4 rings (SSSR count). The summed E-state index contributed by atoms with van der Waals surface area (Å²) >= 11 is 0. The lowest BCUT2D eigenvalue weighted by Crippen LogP contribution is -2.35. The van der Waals surface area contributed by atoms with Crippen LogP contribution in [0.4, 0.5) is 0 Å². The van der Waals surface area contributed by atoms with E-state index in [1.807, 2.05) is 4.90 Å². The maximum atomic E-state index is 12.8. The Labute approximate surface area is 165 Å². The van der Waals surface area contributed by atoms with Gasteiger partial charge in [0.15, 0.2) is 0 Å². The van der Waals surface area contributed by atoms with E-state index in [4.69, 9.17) is 0 Å². The van der Waals surface area contributed by atoms with Gasteiger partial charge in [-0.25, -0.2) is 13.1 Å². The Balaban J connectivity index is 1.43. The number of rotatable bonds is 6. The molecule has 1 aromatic heterocycles. The summed E-state index contributed by atoms with van der Waals surface area (Å²) in [5.41, 5.74) is 1.37. The second-order valence-electron chi connectivity index (χ2n) is 7.62. The van der Waals surface area contributed by atoms with E-state index >= 15 is 0 Å². The van der Waals surface area contributed by atoms with E-state index in [0.29, 0.717) is 38.0 Å². The zero-order valence-electron chi connectivity index (χ0n) is 16.1. The van der Waals surface area contributed by atoms with Crippen LogP contribution >= 0.6 is 0 Å². The molecule has 0 unspecified atom stereocenters. The quantitative estimate of drug-likeness (QED) is 0.733. The van der Waals surface area contributed by atoms with E-state index in [-0.39, 0.29) is 10.8 Å². The third-order valence-electron chi connectivity index (χ3n) is 5.66. The first kappa shape index (κ1) is 19.3. The number of fused-ring (bicyclic) bond motifs is 1. The molecule has 3 heterocycles. The molecule has 0 atom stereocenters. The molecule has 2 aromatic rings. The zero-order valence-corrected chi connectivity index (χ0v) is 16.9. The van der Waals surface area contributed by atoms with Crippen molar-refractivity contribution < 1.29 is 13.2 Å². The van der Waals surface area contributed by atoms with Crippen molar-refractivity contribution in [3.05, 3.63) is 18.2 Å². The highest BCUT2D eigenvalue weighted by Crippen LogP contribution is 2.23. The number of piperidine rings is 1. The molecule has 2 fully saturated rings. The molecule has 0 bridgehead atoms. The van der Waals surface area contributed by atoms with Crippen LogP contribution in [0.3, 0.4) is 0 Å². The molecule has 8 nitrogen and oxygen atoms in total. The first-order valence-electron chi connectivity index (χ1n) is 10.2. The molecule has 9 heteroatoms. The molecule has 1 amide bonds. The van der Waals surface area contributed by atoms with Crippen LogP contribution in [-0.2, 0) is 21.4 Å². The molecule has 2 aliphatic heterocycles. The number of carbonyl (C=O) groups excluding carboxylic acids is 1. The number of likely N-dealkylation sites (tertiary alicyclic amines) is 1. The second-order valence-corrected chi connectivity index (χ2v) is 9.56. The first-order chi connectivity index (χ1) is 13.6. The van der Waals surface area contributed by atoms with Crippen molar-refractivity contribution in [3.63, 3.8) is 0 Å². The summed E-state index contributed by atoms with van der Waals surface area (Å²) in [5.74, 6) is 0.205. The number of hydrogen-bond donors (Lipinski definition) is 0. The number of benzene rings is 1. The van der Waals surface area contributed by atoms with Gasteiger partial charge in [-0.15, -0.1) is 5.10 Å². The van der Waals surface area contributed by atoms with Gasteiger partial charge >= 0.3 is 0 Å². The first-order valence-corrected chi connectivity index (χ1v) is 11.6. The van der Waals surface area contributed by atoms with Gasteiger partial charge in [-0.05, 0) is 50.3 Å². The highest BCUT2D eigenvalue weighted by Gasteiger charge is 2.26. The normalized spacial score (nSPS) is 18.8. The van der Waals surface area contributed by atoms with E-state index in [0.717, 1.165) is 50.7 Å². The predicted octanol–water partition coefficient (Wildman–Crippen LogP) is 2.01. The second kappa shape index (κ2) is 8.16. The van der Waals surface area contributed by atoms with Crippen LogP contribution in [0, 0.1) is 0 Å². The zero-order chi connectivity index (χ0) is 19.6. The highest BCUT2D eigenvalue weighted by atomic mass is 32.2. The van der Waals surface area contributed by atoms with E-state index in [9.17, 15) is 13.2 Å². The van der Waals surface area contributed by atoms with Gasteiger partial charge in [0.1, 0.15) is 5.52 Å². The van der Waals surface area contributed by atoms with Gasteiger partial charge in [0.05, 0.1) is 10.4 Å². The fourth-order valence-electron chi connectivity index (χ4n) is 4.04. The van der Waals surface area contributed by atoms with Crippen LogP contribution in [0.1, 0.15) is 44.9 Å². The molecule has 0 spiro atoms. The van der Waals surface area contributed by atoms with Crippen molar-refractivity contribution >= 4 is 27.0 Å². The summed E-state index contributed by atoms with van der Waals surface area (Å²) in [7, 11) is -3.48. The number of nitrogens with zero attached hydrogens (tertiary/aromatic N) is 5. The van der Waals surface area contributed by atoms with Crippen LogP contribution in [0.5, 0.6) is 0 Å². The van der Waals surface area contributed by atoms with Crippen molar-refractivity contribution in [2.24, 2.45) is 0 Å². The van der Waals surface area contributed by atoms with Crippen LogP contribution in [-0.4, -0.2) is 64.7 Å². The lowest BCUT2D eigenvalue weighted by atomic mass is 10.2. The van der Waals surface area contributed by atoms with E-state index in [2.05, 4.69) is 10.3 Å². The topological polar surface area (TPSA) is 88.4 Å². The Kier molecular flexibility index (Phi) is 5.63. The number of aromatic nitrogens is 3. The maximum absolute atomic E-state index is 12.8. The van der Waals surface area contributed by atoms with Crippen molar-refractivity contribution in [2.75, 3.05) is 26.2 Å². The Bertz CT molecular complexity index is 944. The molecular formula is C19H27N5O3S. The molecule has 152 valence electrons. The number of carbonyl (C=O) groups is 1. The van der Waals surface area contributed by atoms with Gasteiger partial charge < -0.3 is 4.90 Å². The van der Waals surface area contributed by atoms with E-state index in [1.54, 1.807) is 27.2 Å². The molecule has 0 saturated carbocycles. The standard InChI is InChI=1S/C19H27N5O3S/c25-19(22-10-4-5-11-22)7-6-14-24-18-9-8-16(15-17(18)20-21-24)28(26,27)23-12-2-1-3-13-23/h8-9,15H,1-7,10-14H2. The highest BCUT2D eigenvalue weighted by molar-refractivity contribution is 7.89. The summed E-state index contributed by atoms with van der Waals surface area (Å²) in [6.07, 6.45) is 6.30. The largest absolute Gasteiger partial charge is 0.343 e. The summed E-state index contributed by atoms with van der Waals surface area (Å²) < 4.78 is 29.0. The molecule has 2 aliphatic rings. The SMILES string of the molecule is O=C(CCCn1nnc2cc(S(=O)(=O)N3CCCCC3)ccc21)N1CCCC1. The predicted molar refractivity (Wildman–Crippen MR) is 105 cm³/mol. The fraction of sp³-hybridized carbons (Fsp3) is 0.632. The van der Waals surface area contributed by atoms with Gasteiger partial charge in [0.25, 0.3) is 0 Å².